The standard InChI is InChI=1S/C20H21NO5S/c1-13-8-9-14(2)17(10-13)27-12-19(23)26-11-18(22)21-20(24)15-6-4-5-7-16(15)25-3/h4-10H,11-12H2,1-3H3,(H,21,22,24). The highest BCUT2D eigenvalue weighted by atomic mass is 32.2. The molecule has 6 nitrogen and oxygen atoms in total. The van der Waals surface area contributed by atoms with E-state index in [9.17, 15) is 14.4 Å². The van der Waals surface area contributed by atoms with E-state index in [2.05, 4.69) is 5.32 Å². The number of rotatable bonds is 7. The van der Waals surface area contributed by atoms with E-state index in [1.54, 1.807) is 18.2 Å². The topological polar surface area (TPSA) is 81.7 Å². The number of esters is 1. The van der Waals surface area contributed by atoms with Gasteiger partial charge in [0.2, 0.25) is 0 Å². The van der Waals surface area contributed by atoms with Gasteiger partial charge < -0.3 is 9.47 Å². The zero-order valence-electron chi connectivity index (χ0n) is 15.4. The molecule has 0 aliphatic heterocycles. The Hall–Kier alpha value is -2.80. The van der Waals surface area contributed by atoms with E-state index in [1.807, 2.05) is 32.0 Å². The van der Waals surface area contributed by atoms with Gasteiger partial charge in [-0.15, -0.1) is 11.8 Å². The number of benzene rings is 2. The first-order chi connectivity index (χ1) is 12.9. The van der Waals surface area contributed by atoms with Crippen molar-refractivity contribution >= 4 is 29.5 Å². The summed E-state index contributed by atoms with van der Waals surface area (Å²) in [5.74, 6) is -1.40. The quantitative estimate of drug-likeness (QED) is 0.581. The minimum Gasteiger partial charge on any atom is -0.496 e. The van der Waals surface area contributed by atoms with E-state index in [1.165, 1.54) is 24.9 Å². The van der Waals surface area contributed by atoms with Crippen LogP contribution in [0.1, 0.15) is 21.5 Å². The molecule has 2 rings (SSSR count). The highest BCUT2D eigenvalue weighted by Crippen LogP contribution is 2.23. The molecule has 0 spiro atoms. The van der Waals surface area contributed by atoms with Crippen molar-refractivity contribution in [1.82, 2.24) is 5.32 Å². The van der Waals surface area contributed by atoms with Crippen molar-refractivity contribution in [2.24, 2.45) is 0 Å². The fourth-order valence-electron chi connectivity index (χ4n) is 2.25. The summed E-state index contributed by atoms with van der Waals surface area (Å²) < 4.78 is 10.0. The second-order valence-electron chi connectivity index (χ2n) is 5.80. The third kappa shape index (κ3) is 6.14. The van der Waals surface area contributed by atoms with Crippen LogP contribution < -0.4 is 10.1 Å². The lowest BCUT2D eigenvalue weighted by Crippen LogP contribution is -2.34. The second-order valence-corrected chi connectivity index (χ2v) is 6.81. The van der Waals surface area contributed by atoms with Crippen LogP contribution in [0.25, 0.3) is 0 Å². The zero-order chi connectivity index (χ0) is 19.8. The lowest BCUT2D eigenvalue weighted by atomic mass is 10.2. The molecule has 0 saturated carbocycles. The number of thioether (sulfide) groups is 1. The van der Waals surface area contributed by atoms with Crippen LogP contribution in [0.5, 0.6) is 5.75 Å². The Bertz CT molecular complexity index is 850. The summed E-state index contributed by atoms with van der Waals surface area (Å²) in [7, 11) is 1.43. The minimum absolute atomic E-state index is 0.0814. The molecule has 0 aliphatic rings. The van der Waals surface area contributed by atoms with Crippen molar-refractivity contribution in [3.8, 4) is 5.75 Å². The van der Waals surface area contributed by atoms with E-state index >= 15 is 0 Å². The van der Waals surface area contributed by atoms with Gasteiger partial charge in [-0.25, -0.2) is 0 Å². The molecule has 27 heavy (non-hydrogen) atoms. The van der Waals surface area contributed by atoms with Crippen molar-refractivity contribution < 1.29 is 23.9 Å². The summed E-state index contributed by atoms with van der Waals surface area (Å²) >= 11 is 1.35. The summed E-state index contributed by atoms with van der Waals surface area (Å²) in [6, 6.07) is 12.5. The molecule has 0 aromatic heterocycles. The van der Waals surface area contributed by atoms with Gasteiger partial charge in [-0.05, 0) is 37.6 Å². The van der Waals surface area contributed by atoms with Crippen LogP contribution in [0.3, 0.4) is 0 Å². The maximum atomic E-state index is 12.1. The monoisotopic (exact) mass is 387 g/mol. The number of nitrogens with one attached hydrogen (secondary N) is 1. The van der Waals surface area contributed by atoms with Gasteiger partial charge in [0.25, 0.3) is 11.8 Å². The van der Waals surface area contributed by atoms with Gasteiger partial charge in [0, 0.05) is 4.90 Å². The molecular formula is C20H21NO5S. The second kappa shape index (κ2) is 9.78. The molecule has 0 bridgehead atoms. The highest BCUT2D eigenvalue weighted by Gasteiger charge is 2.16. The van der Waals surface area contributed by atoms with Crippen LogP contribution in [0, 0.1) is 13.8 Å². The predicted octanol–water partition coefficient (Wildman–Crippen LogP) is 2.90. The summed E-state index contributed by atoms with van der Waals surface area (Å²) in [6.45, 7) is 3.42. The molecule has 2 aromatic rings. The van der Waals surface area contributed by atoms with Gasteiger partial charge in [-0.3, -0.25) is 19.7 Å². The fourth-order valence-corrected chi connectivity index (χ4v) is 3.17. The number of aryl methyl sites for hydroxylation is 2. The molecule has 0 unspecified atom stereocenters. The molecular weight excluding hydrogens is 366 g/mol. The number of imide groups is 1. The van der Waals surface area contributed by atoms with Crippen molar-refractivity contribution in [3.63, 3.8) is 0 Å². The third-order valence-electron chi connectivity index (χ3n) is 3.66. The SMILES string of the molecule is COc1ccccc1C(=O)NC(=O)COC(=O)CSc1cc(C)ccc1C. The molecule has 0 heterocycles. The maximum absolute atomic E-state index is 12.1. The van der Waals surface area contributed by atoms with Crippen molar-refractivity contribution in [3.05, 3.63) is 59.2 Å². The van der Waals surface area contributed by atoms with E-state index in [-0.39, 0.29) is 11.3 Å². The van der Waals surface area contributed by atoms with Crippen LogP contribution in [0.4, 0.5) is 0 Å². The Balaban J connectivity index is 1.80. The Morgan fingerprint density at radius 2 is 1.81 bits per heavy atom. The summed E-state index contributed by atoms with van der Waals surface area (Å²) in [6.07, 6.45) is 0. The lowest BCUT2D eigenvalue weighted by Gasteiger charge is -2.09. The average Bonchev–Trinajstić information content (AvgIpc) is 2.66. The van der Waals surface area contributed by atoms with E-state index in [4.69, 9.17) is 9.47 Å². The van der Waals surface area contributed by atoms with Crippen LogP contribution in [-0.2, 0) is 14.3 Å². The number of para-hydroxylation sites is 1. The summed E-state index contributed by atoms with van der Waals surface area (Å²) in [4.78, 5) is 36.8. The van der Waals surface area contributed by atoms with Crippen LogP contribution >= 0.6 is 11.8 Å². The maximum Gasteiger partial charge on any atom is 0.316 e. The number of hydrogen-bond acceptors (Lipinski definition) is 6. The first-order valence-corrected chi connectivity index (χ1v) is 9.22. The average molecular weight is 387 g/mol. The number of carbonyl (C=O) groups excluding carboxylic acids is 3. The Kier molecular flexibility index (Phi) is 7.43. The van der Waals surface area contributed by atoms with Gasteiger partial charge in [-0.2, -0.15) is 0 Å². The largest absolute Gasteiger partial charge is 0.496 e. The number of methoxy groups -OCH3 is 1. The van der Waals surface area contributed by atoms with E-state index < -0.39 is 24.4 Å². The van der Waals surface area contributed by atoms with Crippen molar-refractivity contribution in [2.75, 3.05) is 19.5 Å². The zero-order valence-corrected chi connectivity index (χ0v) is 16.2. The number of hydrogen-bond donors (Lipinski definition) is 1. The highest BCUT2D eigenvalue weighted by molar-refractivity contribution is 8.00. The smallest absolute Gasteiger partial charge is 0.316 e. The molecule has 1 N–H and O–H groups in total. The molecule has 0 atom stereocenters. The summed E-state index contributed by atoms with van der Waals surface area (Å²) in [5.41, 5.74) is 2.40. The predicted molar refractivity (Wildman–Crippen MR) is 103 cm³/mol. The lowest BCUT2D eigenvalue weighted by molar-refractivity contribution is -0.145. The first-order valence-electron chi connectivity index (χ1n) is 8.23. The Morgan fingerprint density at radius 3 is 2.56 bits per heavy atom. The third-order valence-corrected chi connectivity index (χ3v) is 4.79. The molecule has 0 aliphatic carbocycles. The van der Waals surface area contributed by atoms with Gasteiger partial charge in [0.15, 0.2) is 6.61 Å². The van der Waals surface area contributed by atoms with E-state index in [0.29, 0.717) is 5.75 Å². The summed E-state index contributed by atoms with van der Waals surface area (Å²) in [5, 5.41) is 2.17. The Morgan fingerprint density at radius 1 is 1.07 bits per heavy atom. The number of ether oxygens (including phenoxy) is 2. The van der Waals surface area contributed by atoms with Crippen LogP contribution in [0.2, 0.25) is 0 Å². The van der Waals surface area contributed by atoms with E-state index in [0.717, 1.165) is 16.0 Å². The Labute approximate surface area is 162 Å². The van der Waals surface area contributed by atoms with Gasteiger partial charge in [-0.1, -0.05) is 29.8 Å². The first kappa shape index (κ1) is 20.5. The molecule has 142 valence electrons. The molecule has 7 heteroatoms. The van der Waals surface area contributed by atoms with Gasteiger partial charge in [0.05, 0.1) is 18.4 Å². The number of carbonyl (C=O) groups is 3. The van der Waals surface area contributed by atoms with Crippen LogP contribution in [0.15, 0.2) is 47.4 Å². The van der Waals surface area contributed by atoms with Crippen molar-refractivity contribution in [1.29, 1.82) is 0 Å². The molecule has 0 radical (unpaired) electrons. The minimum atomic E-state index is -0.698. The molecule has 0 fully saturated rings. The van der Waals surface area contributed by atoms with Crippen molar-refractivity contribution in [2.45, 2.75) is 18.7 Å². The normalized spacial score (nSPS) is 10.2. The van der Waals surface area contributed by atoms with Gasteiger partial charge >= 0.3 is 5.97 Å². The fraction of sp³-hybridized carbons (Fsp3) is 0.250. The number of amides is 2. The molecule has 0 saturated heterocycles. The van der Waals surface area contributed by atoms with Gasteiger partial charge in [0.1, 0.15) is 5.75 Å². The molecule has 2 aromatic carbocycles. The van der Waals surface area contributed by atoms with Crippen LogP contribution in [-0.4, -0.2) is 37.3 Å². The molecule has 2 amide bonds.